The number of unbranched alkanes of at least 4 members (excludes halogenated alkanes) is 7. The van der Waals surface area contributed by atoms with Crippen LogP contribution in [-0.2, 0) is 16.0 Å². The molecule has 1 aromatic rings. The van der Waals surface area contributed by atoms with Gasteiger partial charge in [-0.15, -0.1) is 0 Å². The van der Waals surface area contributed by atoms with E-state index in [1.165, 1.54) is 38.5 Å². The Bertz CT molecular complexity index is 611. The van der Waals surface area contributed by atoms with E-state index in [1.807, 2.05) is 12.1 Å². The summed E-state index contributed by atoms with van der Waals surface area (Å²) in [6.45, 7) is 2.61. The third-order valence-electron chi connectivity index (χ3n) is 4.67. The number of esters is 1. The zero-order chi connectivity index (χ0) is 21.0. The summed E-state index contributed by atoms with van der Waals surface area (Å²) in [7, 11) is 0. The molecule has 1 aromatic carbocycles. The van der Waals surface area contributed by atoms with Crippen molar-refractivity contribution < 1.29 is 14.6 Å². The number of hydrogen-bond donors (Lipinski definition) is 1. The van der Waals surface area contributed by atoms with Crippen molar-refractivity contribution in [2.75, 3.05) is 6.61 Å². The molecule has 0 bridgehead atoms. The van der Waals surface area contributed by atoms with Crippen LogP contribution >= 0.6 is 0 Å². The second kappa shape index (κ2) is 17.8. The van der Waals surface area contributed by atoms with Gasteiger partial charge in [0.15, 0.2) is 0 Å². The molecule has 0 radical (unpaired) electrons. The molecule has 3 heteroatoms. The highest BCUT2D eigenvalue weighted by atomic mass is 16.5. The first-order valence-corrected chi connectivity index (χ1v) is 11.1. The molecule has 1 rings (SSSR count). The summed E-state index contributed by atoms with van der Waals surface area (Å²) in [5, 5.41) is 9.24. The number of ether oxygens (including phenoxy) is 1. The zero-order valence-electron chi connectivity index (χ0n) is 18.0. The summed E-state index contributed by atoms with van der Waals surface area (Å²) in [5.74, 6) is 0.145. The largest absolute Gasteiger partial charge is 0.508 e. The summed E-state index contributed by atoms with van der Waals surface area (Å²) >= 11 is 0. The van der Waals surface area contributed by atoms with Crippen molar-refractivity contribution in [1.29, 1.82) is 0 Å². The smallest absolute Gasteiger partial charge is 0.305 e. The number of benzene rings is 1. The van der Waals surface area contributed by atoms with Gasteiger partial charge in [-0.3, -0.25) is 4.79 Å². The number of rotatable bonds is 16. The number of allylic oxidation sites excluding steroid dienone is 6. The van der Waals surface area contributed by atoms with Crippen LogP contribution in [0, 0.1) is 0 Å². The van der Waals surface area contributed by atoms with Crippen LogP contribution in [0.3, 0.4) is 0 Å². The molecule has 0 heterocycles. The van der Waals surface area contributed by atoms with Crippen molar-refractivity contribution in [3.05, 3.63) is 66.3 Å². The second-order valence-electron chi connectivity index (χ2n) is 7.33. The third-order valence-corrected chi connectivity index (χ3v) is 4.67. The van der Waals surface area contributed by atoms with Crippen molar-refractivity contribution in [2.24, 2.45) is 0 Å². The van der Waals surface area contributed by atoms with Crippen molar-refractivity contribution in [1.82, 2.24) is 0 Å². The molecule has 0 saturated carbocycles. The van der Waals surface area contributed by atoms with Gasteiger partial charge in [-0.05, 0) is 43.4 Å². The maximum absolute atomic E-state index is 11.7. The van der Waals surface area contributed by atoms with Gasteiger partial charge in [-0.1, -0.05) is 87.6 Å². The van der Waals surface area contributed by atoms with Crippen LogP contribution in [0.2, 0.25) is 0 Å². The van der Waals surface area contributed by atoms with E-state index < -0.39 is 0 Å². The van der Waals surface area contributed by atoms with Gasteiger partial charge in [0.25, 0.3) is 0 Å². The minimum Gasteiger partial charge on any atom is -0.508 e. The standard InChI is InChI=1S/C26H38O3/c1-2-3-4-5-6-7-8-9-10-11-12-13-14-15-16-17-26(28)29-23-22-24-18-20-25(27)21-19-24/h5-10,18-21,27H,2-4,11-17,22-23H2,1H3/b6-5-,8-7+,10-9-. The highest BCUT2D eigenvalue weighted by molar-refractivity contribution is 5.69. The fourth-order valence-electron chi connectivity index (χ4n) is 2.88. The molecular formula is C26H38O3. The molecule has 0 spiro atoms. The van der Waals surface area contributed by atoms with Gasteiger partial charge in [0.1, 0.15) is 5.75 Å². The van der Waals surface area contributed by atoms with E-state index in [9.17, 15) is 9.90 Å². The average Bonchev–Trinajstić information content (AvgIpc) is 2.72. The first kappa shape index (κ1) is 24.7. The Morgan fingerprint density at radius 1 is 0.862 bits per heavy atom. The van der Waals surface area contributed by atoms with Crippen LogP contribution in [0.15, 0.2) is 60.7 Å². The minimum atomic E-state index is -0.109. The van der Waals surface area contributed by atoms with Crippen LogP contribution in [-0.4, -0.2) is 17.7 Å². The highest BCUT2D eigenvalue weighted by Crippen LogP contribution is 2.11. The molecule has 0 aliphatic carbocycles. The molecule has 0 fully saturated rings. The number of phenolic OH excluding ortho intramolecular Hbond substituents is 1. The summed E-state index contributed by atoms with van der Waals surface area (Å²) in [6, 6.07) is 6.99. The first-order chi connectivity index (χ1) is 14.2. The lowest BCUT2D eigenvalue weighted by Gasteiger charge is -2.05. The lowest BCUT2D eigenvalue weighted by molar-refractivity contribution is -0.143. The number of phenols is 1. The van der Waals surface area contributed by atoms with E-state index in [-0.39, 0.29) is 11.7 Å². The van der Waals surface area contributed by atoms with Crippen molar-refractivity contribution in [3.63, 3.8) is 0 Å². The zero-order valence-corrected chi connectivity index (χ0v) is 18.0. The summed E-state index contributed by atoms with van der Waals surface area (Å²) in [5.41, 5.74) is 1.06. The van der Waals surface area contributed by atoms with Crippen LogP contribution in [0.25, 0.3) is 0 Å². The lowest BCUT2D eigenvalue weighted by atomic mass is 10.1. The molecule has 29 heavy (non-hydrogen) atoms. The third kappa shape index (κ3) is 15.3. The molecule has 160 valence electrons. The molecule has 0 amide bonds. The molecule has 3 nitrogen and oxygen atoms in total. The Balaban J connectivity index is 1.90. The van der Waals surface area contributed by atoms with Crippen LogP contribution in [0.1, 0.15) is 76.7 Å². The maximum atomic E-state index is 11.7. The summed E-state index contributed by atoms with van der Waals surface area (Å²) in [6.07, 6.45) is 24.4. The minimum absolute atomic E-state index is 0.109. The van der Waals surface area contributed by atoms with Crippen molar-refractivity contribution in [2.45, 2.75) is 77.6 Å². The maximum Gasteiger partial charge on any atom is 0.305 e. The monoisotopic (exact) mass is 398 g/mol. The van der Waals surface area contributed by atoms with Gasteiger partial charge < -0.3 is 9.84 Å². The molecule has 0 unspecified atom stereocenters. The lowest BCUT2D eigenvalue weighted by Crippen LogP contribution is -2.07. The number of aromatic hydroxyl groups is 1. The number of hydrogen-bond acceptors (Lipinski definition) is 3. The molecule has 0 saturated heterocycles. The van der Waals surface area contributed by atoms with Crippen molar-refractivity contribution in [3.8, 4) is 5.75 Å². The van der Waals surface area contributed by atoms with Crippen LogP contribution in [0.5, 0.6) is 5.75 Å². The van der Waals surface area contributed by atoms with Crippen LogP contribution in [0.4, 0.5) is 0 Å². The number of carbonyl (C=O) groups excluding carboxylic acids is 1. The van der Waals surface area contributed by atoms with E-state index in [0.717, 1.165) is 24.8 Å². The molecule has 1 N–H and O–H groups in total. The predicted molar refractivity (Wildman–Crippen MR) is 122 cm³/mol. The van der Waals surface area contributed by atoms with Gasteiger partial charge >= 0.3 is 5.97 Å². The van der Waals surface area contributed by atoms with Gasteiger partial charge in [-0.25, -0.2) is 0 Å². The Labute approximate surface area is 177 Å². The van der Waals surface area contributed by atoms with E-state index in [4.69, 9.17) is 4.74 Å². The second-order valence-corrected chi connectivity index (χ2v) is 7.33. The Morgan fingerprint density at radius 3 is 2.17 bits per heavy atom. The fraction of sp³-hybridized carbons (Fsp3) is 0.500. The Morgan fingerprint density at radius 2 is 1.48 bits per heavy atom. The molecule has 0 aliphatic rings. The molecule has 0 aromatic heterocycles. The SMILES string of the molecule is CCCC\C=C/C=C/C=C\CCCCCCCC(=O)OCCc1ccc(O)cc1. The fourth-order valence-corrected chi connectivity index (χ4v) is 2.88. The molecular weight excluding hydrogens is 360 g/mol. The highest BCUT2D eigenvalue weighted by Gasteiger charge is 2.03. The Kier molecular flexibility index (Phi) is 15.2. The summed E-state index contributed by atoms with van der Waals surface area (Å²) < 4.78 is 5.27. The predicted octanol–water partition coefficient (Wildman–Crippen LogP) is 7.07. The first-order valence-electron chi connectivity index (χ1n) is 11.1. The van der Waals surface area contributed by atoms with Gasteiger partial charge in [0.05, 0.1) is 6.61 Å². The Hall–Kier alpha value is -2.29. The number of carbonyl (C=O) groups is 1. The quantitative estimate of drug-likeness (QED) is 0.184. The normalized spacial score (nSPS) is 11.8. The topological polar surface area (TPSA) is 46.5 Å². The van der Waals surface area contributed by atoms with E-state index >= 15 is 0 Å². The summed E-state index contributed by atoms with van der Waals surface area (Å²) in [4.78, 5) is 11.7. The van der Waals surface area contributed by atoms with Crippen LogP contribution < -0.4 is 0 Å². The average molecular weight is 399 g/mol. The van der Waals surface area contributed by atoms with Gasteiger partial charge in [-0.2, -0.15) is 0 Å². The van der Waals surface area contributed by atoms with Gasteiger partial charge in [0.2, 0.25) is 0 Å². The molecule has 0 aliphatic heterocycles. The van der Waals surface area contributed by atoms with E-state index in [2.05, 4.69) is 43.4 Å². The molecule has 0 atom stereocenters. The van der Waals surface area contributed by atoms with Crippen molar-refractivity contribution >= 4 is 5.97 Å². The van der Waals surface area contributed by atoms with E-state index in [1.54, 1.807) is 12.1 Å². The van der Waals surface area contributed by atoms with Gasteiger partial charge in [0, 0.05) is 12.8 Å². The van der Waals surface area contributed by atoms with E-state index in [0.29, 0.717) is 19.4 Å².